The van der Waals surface area contributed by atoms with Crippen molar-refractivity contribution < 1.29 is 4.39 Å². The van der Waals surface area contributed by atoms with Crippen molar-refractivity contribution in [2.24, 2.45) is 16.7 Å². The molecule has 0 bridgehead atoms. The molecule has 0 radical (unpaired) electrons. The van der Waals surface area contributed by atoms with Gasteiger partial charge in [0.15, 0.2) is 0 Å². The van der Waals surface area contributed by atoms with E-state index in [0.29, 0.717) is 5.92 Å². The third-order valence-corrected chi connectivity index (χ3v) is 4.86. The van der Waals surface area contributed by atoms with Crippen LogP contribution in [0.1, 0.15) is 54.4 Å². The Balaban J connectivity index is 2.91. The highest BCUT2D eigenvalue weighted by molar-refractivity contribution is 5.10. The first-order chi connectivity index (χ1) is 5.65. The summed E-state index contributed by atoms with van der Waals surface area (Å²) < 4.78 is 14.1. The molecule has 78 valence electrons. The summed E-state index contributed by atoms with van der Waals surface area (Å²) in [4.78, 5) is 0. The van der Waals surface area contributed by atoms with Crippen LogP contribution in [0.4, 0.5) is 4.39 Å². The highest BCUT2D eigenvalue weighted by Gasteiger charge is 2.61. The minimum atomic E-state index is -0.888. The molecule has 0 aliphatic heterocycles. The number of hydrogen-bond acceptors (Lipinski definition) is 0. The lowest BCUT2D eigenvalue weighted by atomic mass is 9.59. The number of hydrogen-bond donors (Lipinski definition) is 0. The summed E-state index contributed by atoms with van der Waals surface area (Å²) in [7, 11) is 0. The van der Waals surface area contributed by atoms with Crippen LogP contribution in [0, 0.1) is 16.7 Å². The predicted molar refractivity (Wildman–Crippen MR) is 55.5 cm³/mol. The summed E-state index contributed by atoms with van der Waals surface area (Å²) in [5.74, 6) is 0.524. The first-order valence-electron chi connectivity index (χ1n) is 5.34. The fourth-order valence-electron chi connectivity index (χ4n) is 2.03. The first kappa shape index (κ1) is 11.0. The molecule has 0 atom stereocenters. The molecule has 1 aliphatic rings. The van der Waals surface area contributed by atoms with Crippen molar-refractivity contribution in [3.8, 4) is 0 Å². The molecule has 0 aromatic heterocycles. The van der Waals surface area contributed by atoms with Gasteiger partial charge in [0, 0.05) is 5.41 Å². The van der Waals surface area contributed by atoms with Crippen molar-refractivity contribution in [3.05, 3.63) is 0 Å². The maximum absolute atomic E-state index is 14.1. The van der Waals surface area contributed by atoms with Gasteiger partial charge in [-0.25, -0.2) is 4.39 Å². The van der Waals surface area contributed by atoms with E-state index in [-0.39, 0.29) is 10.8 Å². The van der Waals surface area contributed by atoms with Gasteiger partial charge in [-0.15, -0.1) is 0 Å². The molecule has 13 heavy (non-hydrogen) atoms. The average Bonchev–Trinajstić information content (AvgIpc) is 2.68. The van der Waals surface area contributed by atoms with Crippen LogP contribution in [0.25, 0.3) is 0 Å². The van der Waals surface area contributed by atoms with Crippen molar-refractivity contribution in [1.29, 1.82) is 0 Å². The molecule has 0 unspecified atom stereocenters. The first-order valence-corrected chi connectivity index (χ1v) is 5.34. The van der Waals surface area contributed by atoms with Gasteiger partial charge in [-0.3, -0.25) is 0 Å². The summed E-state index contributed by atoms with van der Waals surface area (Å²) in [6, 6.07) is 0. The highest BCUT2D eigenvalue weighted by Crippen LogP contribution is 2.62. The lowest BCUT2D eigenvalue weighted by Crippen LogP contribution is -2.45. The van der Waals surface area contributed by atoms with Crippen molar-refractivity contribution in [2.45, 2.75) is 60.1 Å². The van der Waals surface area contributed by atoms with Crippen LogP contribution < -0.4 is 0 Å². The normalized spacial score (nSPS) is 22.2. The molecule has 0 aromatic rings. The fraction of sp³-hybridized carbons (Fsp3) is 1.00. The van der Waals surface area contributed by atoms with E-state index in [1.807, 2.05) is 0 Å². The van der Waals surface area contributed by atoms with Crippen LogP contribution in [0.2, 0.25) is 0 Å². The molecule has 1 saturated carbocycles. The van der Waals surface area contributed by atoms with Crippen LogP contribution in [0.5, 0.6) is 0 Å². The van der Waals surface area contributed by atoms with Gasteiger partial charge in [0.25, 0.3) is 0 Å². The second-order valence-electron chi connectivity index (χ2n) is 5.97. The average molecular weight is 186 g/mol. The topological polar surface area (TPSA) is 0 Å². The largest absolute Gasteiger partial charge is 0.243 e. The third-order valence-electron chi connectivity index (χ3n) is 4.86. The van der Waals surface area contributed by atoms with E-state index in [2.05, 4.69) is 41.5 Å². The summed E-state index contributed by atoms with van der Waals surface area (Å²) in [6.45, 7) is 12.9. The lowest BCUT2D eigenvalue weighted by Gasteiger charge is -2.47. The number of halogens is 1. The van der Waals surface area contributed by atoms with Gasteiger partial charge in [-0.2, -0.15) is 0 Å². The second-order valence-corrected chi connectivity index (χ2v) is 5.97. The minimum Gasteiger partial charge on any atom is -0.243 e. The lowest BCUT2D eigenvalue weighted by molar-refractivity contribution is -0.0326. The van der Waals surface area contributed by atoms with Gasteiger partial charge in [0.05, 0.1) is 0 Å². The molecule has 1 rings (SSSR count). The number of alkyl halides is 1. The SMILES string of the molecule is CC(C)C(C)(C)C(C)(C)C1(F)CC1. The zero-order valence-corrected chi connectivity index (χ0v) is 9.87. The molecule has 1 fully saturated rings. The Morgan fingerprint density at radius 1 is 1.08 bits per heavy atom. The van der Waals surface area contributed by atoms with Gasteiger partial charge >= 0.3 is 0 Å². The highest BCUT2D eigenvalue weighted by atomic mass is 19.1. The zero-order chi connectivity index (χ0) is 10.5. The molecule has 0 spiro atoms. The predicted octanol–water partition coefficient (Wildman–Crippen LogP) is 4.20. The van der Waals surface area contributed by atoms with E-state index in [1.54, 1.807) is 0 Å². The monoisotopic (exact) mass is 186 g/mol. The molecule has 0 N–H and O–H groups in total. The summed E-state index contributed by atoms with van der Waals surface area (Å²) in [6.07, 6.45) is 1.52. The molecular formula is C12H23F. The van der Waals surface area contributed by atoms with Crippen LogP contribution in [-0.2, 0) is 0 Å². The number of rotatable bonds is 3. The Bertz CT molecular complexity index is 197. The van der Waals surface area contributed by atoms with E-state index in [1.165, 1.54) is 0 Å². The van der Waals surface area contributed by atoms with Crippen molar-refractivity contribution in [2.75, 3.05) is 0 Å². The summed E-state index contributed by atoms with van der Waals surface area (Å²) in [5, 5.41) is 0. The fourth-order valence-corrected chi connectivity index (χ4v) is 2.03. The van der Waals surface area contributed by atoms with Gasteiger partial charge in [-0.1, -0.05) is 41.5 Å². The van der Waals surface area contributed by atoms with E-state index >= 15 is 0 Å². The molecule has 0 aromatic carbocycles. The van der Waals surface area contributed by atoms with Crippen molar-refractivity contribution in [1.82, 2.24) is 0 Å². The van der Waals surface area contributed by atoms with Crippen LogP contribution in [-0.4, -0.2) is 5.67 Å². The Hall–Kier alpha value is -0.0700. The van der Waals surface area contributed by atoms with Gasteiger partial charge in [0.2, 0.25) is 0 Å². The Morgan fingerprint density at radius 2 is 1.46 bits per heavy atom. The van der Waals surface area contributed by atoms with Gasteiger partial charge < -0.3 is 0 Å². The van der Waals surface area contributed by atoms with Crippen molar-refractivity contribution in [3.63, 3.8) is 0 Å². The maximum atomic E-state index is 14.1. The maximum Gasteiger partial charge on any atom is 0.116 e. The Labute approximate surface area is 81.9 Å². The molecular weight excluding hydrogens is 163 g/mol. The third kappa shape index (κ3) is 1.41. The van der Waals surface area contributed by atoms with Crippen LogP contribution >= 0.6 is 0 Å². The molecule has 0 nitrogen and oxygen atoms in total. The minimum absolute atomic E-state index is 0.0677. The molecule has 1 heteroatoms. The van der Waals surface area contributed by atoms with E-state index < -0.39 is 5.67 Å². The quantitative estimate of drug-likeness (QED) is 0.619. The van der Waals surface area contributed by atoms with E-state index in [0.717, 1.165) is 12.8 Å². The molecule has 0 saturated heterocycles. The van der Waals surface area contributed by atoms with Crippen LogP contribution in [0.15, 0.2) is 0 Å². The molecule has 0 amide bonds. The van der Waals surface area contributed by atoms with Crippen LogP contribution in [0.3, 0.4) is 0 Å². The Morgan fingerprint density at radius 3 is 1.69 bits per heavy atom. The second kappa shape index (κ2) is 2.71. The molecule has 0 heterocycles. The molecule has 1 aliphatic carbocycles. The summed E-state index contributed by atoms with van der Waals surface area (Å²) in [5.41, 5.74) is -1.02. The standard InChI is InChI=1S/C12H23F/c1-9(2)10(3,4)11(5,6)12(13)7-8-12/h9H,7-8H2,1-6H3. The Kier molecular flexibility index (Phi) is 2.30. The summed E-state index contributed by atoms with van der Waals surface area (Å²) >= 11 is 0. The van der Waals surface area contributed by atoms with Gasteiger partial charge in [-0.05, 0) is 24.2 Å². The van der Waals surface area contributed by atoms with Gasteiger partial charge in [0.1, 0.15) is 5.67 Å². The van der Waals surface area contributed by atoms with E-state index in [4.69, 9.17) is 0 Å². The van der Waals surface area contributed by atoms with E-state index in [9.17, 15) is 4.39 Å². The van der Waals surface area contributed by atoms with Crippen molar-refractivity contribution >= 4 is 0 Å². The smallest absolute Gasteiger partial charge is 0.116 e. The zero-order valence-electron chi connectivity index (χ0n) is 9.87.